The predicted molar refractivity (Wildman–Crippen MR) is 88.3 cm³/mol. The average Bonchev–Trinajstić information content (AvgIpc) is 2.91. The summed E-state index contributed by atoms with van der Waals surface area (Å²) in [4.78, 5) is 1.20. The summed E-state index contributed by atoms with van der Waals surface area (Å²) in [7, 11) is -3.54. The Labute approximate surface area is 130 Å². The van der Waals surface area contributed by atoms with Gasteiger partial charge in [0.1, 0.15) is 4.90 Å². The van der Waals surface area contributed by atoms with Crippen molar-refractivity contribution in [1.82, 2.24) is 5.32 Å². The van der Waals surface area contributed by atoms with Crippen LogP contribution >= 0.6 is 11.3 Å². The summed E-state index contributed by atoms with van der Waals surface area (Å²) in [6.07, 6.45) is 1.02. The molecule has 0 aliphatic carbocycles. The van der Waals surface area contributed by atoms with Gasteiger partial charge in [-0.1, -0.05) is 25.1 Å². The van der Waals surface area contributed by atoms with Crippen molar-refractivity contribution >= 4 is 27.0 Å². The van der Waals surface area contributed by atoms with Gasteiger partial charge in [-0.15, -0.1) is 11.3 Å². The molecule has 0 unspecified atom stereocenters. The molecule has 0 atom stereocenters. The molecule has 2 aromatic rings. The van der Waals surface area contributed by atoms with Crippen molar-refractivity contribution in [1.29, 1.82) is 0 Å². The summed E-state index contributed by atoms with van der Waals surface area (Å²) < 4.78 is 27.7. The molecule has 1 aromatic carbocycles. The van der Waals surface area contributed by atoms with E-state index in [1.807, 2.05) is 30.5 Å². The Balaban J connectivity index is 2.20. The monoisotopic (exact) mass is 324 g/mol. The summed E-state index contributed by atoms with van der Waals surface area (Å²) in [6.45, 7) is 5.42. The Kier molecular flexibility index (Phi) is 5.39. The molecule has 1 heterocycles. The minimum atomic E-state index is -3.54. The van der Waals surface area contributed by atoms with Gasteiger partial charge < -0.3 is 5.32 Å². The molecule has 0 saturated heterocycles. The minimum Gasteiger partial charge on any atom is -0.312 e. The van der Waals surface area contributed by atoms with Gasteiger partial charge in [-0.25, -0.2) is 8.42 Å². The van der Waals surface area contributed by atoms with E-state index in [0.717, 1.165) is 23.4 Å². The number of thiophene rings is 1. The molecule has 2 N–H and O–H groups in total. The van der Waals surface area contributed by atoms with Gasteiger partial charge >= 0.3 is 0 Å². The molecule has 0 radical (unpaired) electrons. The number of hydrogen-bond acceptors (Lipinski definition) is 4. The number of sulfonamides is 1. The normalized spacial score (nSPS) is 11.5. The van der Waals surface area contributed by atoms with Crippen LogP contribution in [0.4, 0.5) is 5.69 Å². The lowest BCUT2D eigenvalue weighted by Crippen LogP contribution is -2.18. The summed E-state index contributed by atoms with van der Waals surface area (Å²) in [5.41, 5.74) is 1.53. The first kappa shape index (κ1) is 16.0. The predicted octanol–water partition coefficient (Wildman–Crippen LogP) is 3.36. The van der Waals surface area contributed by atoms with E-state index in [-0.39, 0.29) is 0 Å². The van der Waals surface area contributed by atoms with Crippen LogP contribution in [0.2, 0.25) is 0 Å². The molecule has 21 heavy (non-hydrogen) atoms. The molecule has 114 valence electrons. The summed E-state index contributed by atoms with van der Waals surface area (Å²) in [6, 6.07) is 9.03. The third-order valence-electron chi connectivity index (χ3n) is 3.10. The summed E-state index contributed by atoms with van der Waals surface area (Å²) in [5, 5.41) is 5.06. The minimum absolute atomic E-state index is 0.361. The lowest BCUT2D eigenvalue weighted by Gasteiger charge is -2.11. The van der Waals surface area contributed by atoms with Crippen molar-refractivity contribution in [3.05, 3.63) is 46.2 Å². The number of aryl methyl sites for hydroxylation is 1. The van der Waals surface area contributed by atoms with E-state index in [1.165, 1.54) is 11.3 Å². The highest BCUT2D eigenvalue weighted by Gasteiger charge is 2.20. The topological polar surface area (TPSA) is 58.2 Å². The van der Waals surface area contributed by atoms with Crippen LogP contribution in [0.25, 0.3) is 0 Å². The molecule has 0 bridgehead atoms. The highest BCUT2D eigenvalue weighted by Crippen LogP contribution is 2.25. The van der Waals surface area contributed by atoms with Gasteiger partial charge in [-0.3, -0.25) is 4.72 Å². The first-order valence-electron chi connectivity index (χ1n) is 6.90. The quantitative estimate of drug-likeness (QED) is 0.768. The maximum absolute atomic E-state index is 12.5. The van der Waals surface area contributed by atoms with Gasteiger partial charge in [0, 0.05) is 11.4 Å². The fraction of sp³-hybridized carbons (Fsp3) is 0.333. The largest absolute Gasteiger partial charge is 0.312 e. The Morgan fingerprint density at radius 3 is 2.67 bits per heavy atom. The molecule has 6 heteroatoms. The van der Waals surface area contributed by atoms with E-state index < -0.39 is 10.0 Å². The second kappa shape index (κ2) is 7.06. The molecule has 1 aromatic heterocycles. The van der Waals surface area contributed by atoms with Crippen LogP contribution in [0.3, 0.4) is 0 Å². The van der Waals surface area contributed by atoms with Gasteiger partial charge in [-0.2, -0.15) is 0 Å². The molecule has 0 fully saturated rings. The molecule has 0 saturated carbocycles. The van der Waals surface area contributed by atoms with Gasteiger partial charge in [0.25, 0.3) is 10.0 Å². The number of hydrogen-bond donors (Lipinski definition) is 2. The van der Waals surface area contributed by atoms with E-state index in [1.54, 1.807) is 12.1 Å². The van der Waals surface area contributed by atoms with Crippen LogP contribution < -0.4 is 10.0 Å². The second-order valence-corrected chi connectivity index (χ2v) is 7.46. The molecular formula is C15H20N2O2S2. The third-order valence-corrected chi connectivity index (χ3v) is 5.60. The zero-order valence-electron chi connectivity index (χ0n) is 12.2. The zero-order valence-corrected chi connectivity index (χ0v) is 13.9. The summed E-state index contributed by atoms with van der Waals surface area (Å²) in [5.74, 6) is 0. The van der Waals surface area contributed by atoms with Crippen LogP contribution in [0.1, 0.15) is 23.8 Å². The fourth-order valence-electron chi connectivity index (χ4n) is 1.96. The second-order valence-electron chi connectivity index (χ2n) is 4.81. The van der Waals surface area contributed by atoms with Crippen molar-refractivity contribution in [2.75, 3.05) is 11.3 Å². The Morgan fingerprint density at radius 1 is 1.19 bits per heavy atom. The number of benzene rings is 1. The standard InChI is InChI=1S/C15H20N2O2S2/c1-3-9-16-11-14-15(8-10-20-14)21(18,19)17-13-7-5-4-6-12(13)2/h4-8,10,16-17H,3,9,11H2,1-2H3. The molecule has 0 aliphatic heterocycles. The lowest BCUT2D eigenvalue weighted by molar-refractivity contribution is 0.599. The number of nitrogens with one attached hydrogen (secondary N) is 2. The van der Waals surface area contributed by atoms with E-state index in [9.17, 15) is 8.42 Å². The Bertz CT molecular complexity index is 693. The maximum Gasteiger partial charge on any atom is 0.263 e. The molecule has 0 amide bonds. The van der Waals surface area contributed by atoms with Crippen LogP contribution in [0.5, 0.6) is 0 Å². The molecule has 4 nitrogen and oxygen atoms in total. The molecule has 0 spiro atoms. The SMILES string of the molecule is CCCNCc1sccc1S(=O)(=O)Nc1ccccc1C. The van der Waals surface area contributed by atoms with E-state index in [0.29, 0.717) is 17.1 Å². The van der Waals surface area contributed by atoms with Crippen molar-refractivity contribution in [3.8, 4) is 0 Å². The smallest absolute Gasteiger partial charge is 0.263 e. The average molecular weight is 324 g/mol. The van der Waals surface area contributed by atoms with Crippen molar-refractivity contribution in [3.63, 3.8) is 0 Å². The molecule has 0 aliphatic rings. The molecular weight excluding hydrogens is 304 g/mol. The third kappa shape index (κ3) is 4.06. The van der Waals surface area contributed by atoms with Crippen LogP contribution in [0, 0.1) is 6.92 Å². The molecule has 2 rings (SSSR count). The summed E-state index contributed by atoms with van der Waals surface area (Å²) >= 11 is 1.46. The van der Waals surface area contributed by atoms with Crippen molar-refractivity contribution in [2.24, 2.45) is 0 Å². The maximum atomic E-state index is 12.5. The number of rotatable bonds is 7. The van der Waals surface area contributed by atoms with Crippen molar-refractivity contribution in [2.45, 2.75) is 31.7 Å². The van der Waals surface area contributed by atoms with Gasteiger partial charge in [0.15, 0.2) is 0 Å². The van der Waals surface area contributed by atoms with Crippen LogP contribution in [-0.4, -0.2) is 15.0 Å². The highest BCUT2D eigenvalue weighted by molar-refractivity contribution is 7.93. The number of anilines is 1. The first-order chi connectivity index (χ1) is 10.0. The van der Waals surface area contributed by atoms with E-state index >= 15 is 0 Å². The Hall–Kier alpha value is -1.37. The first-order valence-corrected chi connectivity index (χ1v) is 9.26. The lowest BCUT2D eigenvalue weighted by atomic mass is 10.2. The number of para-hydroxylation sites is 1. The van der Waals surface area contributed by atoms with Crippen LogP contribution in [-0.2, 0) is 16.6 Å². The zero-order chi connectivity index (χ0) is 15.3. The van der Waals surface area contributed by atoms with E-state index in [4.69, 9.17) is 0 Å². The van der Waals surface area contributed by atoms with Crippen LogP contribution in [0.15, 0.2) is 40.6 Å². The van der Waals surface area contributed by atoms with E-state index in [2.05, 4.69) is 17.0 Å². The van der Waals surface area contributed by atoms with Crippen molar-refractivity contribution < 1.29 is 8.42 Å². The van der Waals surface area contributed by atoms with Gasteiger partial charge in [-0.05, 0) is 43.0 Å². The van der Waals surface area contributed by atoms with Gasteiger partial charge in [0.2, 0.25) is 0 Å². The van der Waals surface area contributed by atoms with Gasteiger partial charge in [0.05, 0.1) is 5.69 Å². The fourth-order valence-corrected chi connectivity index (χ4v) is 4.51. The Morgan fingerprint density at radius 2 is 1.95 bits per heavy atom. The highest BCUT2D eigenvalue weighted by atomic mass is 32.2.